The van der Waals surface area contributed by atoms with E-state index in [0.29, 0.717) is 35.3 Å². The summed E-state index contributed by atoms with van der Waals surface area (Å²) in [6.07, 6.45) is 3.45. The summed E-state index contributed by atoms with van der Waals surface area (Å²) in [5.41, 5.74) is 6.44. The third kappa shape index (κ3) is 4.25. The van der Waals surface area contributed by atoms with Gasteiger partial charge in [-0.25, -0.2) is 8.42 Å². The Morgan fingerprint density at radius 1 is 1.29 bits per heavy atom. The molecule has 0 bridgehead atoms. The standard InChI is InChI=1S/C15H22N2O2S2/c1-12-3-2-9-17(10-8-12)21(18,19)14-6-4-13(5-7-14)11-15(16)20/h4-7,12H,2-3,8-11H2,1H3,(H2,16,20). The van der Waals surface area contributed by atoms with E-state index < -0.39 is 10.0 Å². The Hall–Kier alpha value is -0.980. The Morgan fingerprint density at radius 3 is 2.57 bits per heavy atom. The van der Waals surface area contributed by atoms with Crippen molar-refractivity contribution in [2.75, 3.05) is 13.1 Å². The lowest BCUT2D eigenvalue weighted by Gasteiger charge is -2.20. The quantitative estimate of drug-likeness (QED) is 0.863. The third-order valence-corrected chi connectivity index (χ3v) is 5.97. The molecule has 1 fully saturated rings. The molecule has 0 aromatic heterocycles. The van der Waals surface area contributed by atoms with Crippen LogP contribution in [-0.2, 0) is 16.4 Å². The first-order chi connectivity index (χ1) is 9.89. The van der Waals surface area contributed by atoms with E-state index >= 15 is 0 Å². The Balaban J connectivity index is 2.16. The largest absolute Gasteiger partial charge is 0.393 e. The maximum absolute atomic E-state index is 12.7. The minimum absolute atomic E-state index is 0.351. The summed E-state index contributed by atoms with van der Waals surface area (Å²) in [4.78, 5) is 0.760. The van der Waals surface area contributed by atoms with Crippen LogP contribution in [0.25, 0.3) is 0 Å². The fourth-order valence-corrected chi connectivity index (χ4v) is 4.27. The highest BCUT2D eigenvalue weighted by atomic mass is 32.2. The summed E-state index contributed by atoms with van der Waals surface area (Å²) < 4.78 is 26.9. The number of rotatable bonds is 4. The SMILES string of the molecule is CC1CCCN(S(=O)(=O)c2ccc(CC(N)=S)cc2)CC1. The van der Waals surface area contributed by atoms with Crippen molar-refractivity contribution >= 4 is 27.2 Å². The van der Waals surface area contributed by atoms with Gasteiger partial charge in [0.05, 0.1) is 9.88 Å². The molecule has 21 heavy (non-hydrogen) atoms. The van der Waals surface area contributed by atoms with Crippen LogP contribution in [-0.4, -0.2) is 30.8 Å². The van der Waals surface area contributed by atoms with Gasteiger partial charge in [-0.05, 0) is 42.9 Å². The first-order valence-corrected chi connectivity index (χ1v) is 9.12. The molecule has 0 aliphatic carbocycles. The van der Waals surface area contributed by atoms with Crippen LogP contribution in [0.5, 0.6) is 0 Å². The van der Waals surface area contributed by atoms with Gasteiger partial charge in [-0.2, -0.15) is 4.31 Å². The molecule has 1 aromatic carbocycles. The lowest BCUT2D eigenvalue weighted by atomic mass is 10.0. The molecule has 0 spiro atoms. The first kappa shape index (κ1) is 16.4. The molecule has 116 valence electrons. The Morgan fingerprint density at radius 2 is 1.95 bits per heavy atom. The predicted molar refractivity (Wildman–Crippen MR) is 88.7 cm³/mol. The van der Waals surface area contributed by atoms with Crippen molar-refractivity contribution < 1.29 is 8.42 Å². The fourth-order valence-electron chi connectivity index (χ4n) is 2.61. The summed E-state index contributed by atoms with van der Waals surface area (Å²) in [6, 6.07) is 6.87. The van der Waals surface area contributed by atoms with Crippen molar-refractivity contribution in [1.29, 1.82) is 0 Å². The lowest BCUT2D eigenvalue weighted by molar-refractivity contribution is 0.417. The average molecular weight is 326 g/mol. The van der Waals surface area contributed by atoms with E-state index in [1.165, 1.54) is 0 Å². The van der Waals surface area contributed by atoms with Gasteiger partial charge in [-0.3, -0.25) is 0 Å². The van der Waals surface area contributed by atoms with Crippen molar-refractivity contribution in [2.24, 2.45) is 11.7 Å². The van der Waals surface area contributed by atoms with E-state index in [4.69, 9.17) is 18.0 Å². The van der Waals surface area contributed by atoms with Crippen LogP contribution >= 0.6 is 12.2 Å². The second kappa shape index (κ2) is 6.85. The van der Waals surface area contributed by atoms with Crippen molar-refractivity contribution in [1.82, 2.24) is 4.31 Å². The molecule has 2 N–H and O–H groups in total. The van der Waals surface area contributed by atoms with Crippen molar-refractivity contribution in [2.45, 2.75) is 37.5 Å². The van der Waals surface area contributed by atoms with Crippen LogP contribution in [0.3, 0.4) is 0 Å². The summed E-state index contributed by atoms with van der Waals surface area (Å²) in [6.45, 7) is 3.40. The van der Waals surface area contributed by atoms with Crippen LogP contribution in [0.1, 0.15) is 31.7 Å². The molecule has 1 saturated heterocycles. The maximum atomic E-state index is 12.7. The van der Waals surface area contributed by atoms with E-state index in [9.17, 15) is 8.42 Å². The summed E-state index contributed by atoms with van der Waals surface area (Å²) in [5.74, 6) is 0.596. The number of sulfonamides is 1. The Kier molecular flexibility index (Phi) is 5.35. The first-order valence-electron chi connectivity index (χ1n) is 7.27. The van der Waals surface area contributed by atoms with Crippen LogP contribution in [0.15, 0.2) is 29.2 Å². The van der Waals surface area contributed by atoms with E-state index in [0.717, 1.165) is 24.8 Å². The number of hydrogen-bond acceptors (Lipinski definition) is 3. The Bertz CT molecular complexity index is 597. The zero-order valence-corrected chi connectivity index (χ0v) is 13.9. The second-order valence-corrected chi connectivity index (χ2v) is 8.19. The molecule has 4 nitrogen and oxygen atoms in total. The van der Waals surface area contributed by atoms with Gasteiger partial charge in [0.25, 0.3) is 0 Å². The fraction of sp³-hybridized carbons (Fsp3) is 0.533. The van der Waals surface area contributed by atoms with Gasteiger partial charge in [0, 0.05) is 19.5 Å². The van der Waals surface area contributed by atoms with Gasteiger partial charge < -0.3 is 5.73 Å². The van der Waals surface area contributed by atoms with Gasteiger partial charge >= 0.3 is 0 Å². The van der Waals surface area contributed by atoms with Crippen LogP contribution < -0.4 is 5.73 Å². The second-order valence-electron chi connectivity index (χ2n) is 5.73. The Labute approximate surface area is 132 Å². The molecule has 0 saturated carbocycles. The van der Waals surface area contributed by atoms with Crippen molar-refractivity contribution in [3.8, 4) is 0 Å². The normalized spacial score (nSPS) is 20.9. The van der Waals surface area contributed by atoms with Crippen LogP contribution in [0, 0.1) is 5.92 Å². The van der Waals surface area contributed by atoms with E-state index in [2.05, 4.69) is 6.92 Å². The van der Waals surface area contributed by atoms with Gasteiger partial charge in [0.2, 0.25) is 10.0 Å². The molecule has 1 unspecified atom stereocenters. The monoisotopic (exact) mass is 326 g/mol. The minimum atomic E-state index is -3.38. The van der Waals surface area contributed by atoms with E-state index in [-0.39, 0.29) is 0 Å². The maximum Gasteiger partial charge on any atom is 0.243 e. The number of hydrogen-bond donors (Lipinski definition) is 1. The number of thiocarbonyl (C=S) groups is 1. The number of benzene rings is 1. The predicted octanol–water partition coefficient (Wildman–Crippen LogP) is 2.33. The van der Waals surface area contributed by atoms with Crippen LogP contribution in [0.2, 0.25) is 0 Å². The highest BCUT2D eigenvalue weighted by Gasteiger charge is 2.26. The molecule has 1 aliphatic rings. The third-order valence-electron chi connectivity index (χ3n) is 3.92. The lowest BCUT2D eigenvalue weighted by Crippen LogP contribution is -2.32. The summed E-state index contributed by atoms with van der Waals surface area (Å²) >= 11 is 4.86. The molecule has 1 heterocycles. The molecule has 2 rings (SSSR count). The smallest absolute Gasteiger partial charge is 0.243 e. The molecule has 0 amide bonds. The van der Waals surface area contributed by atoms with Crippen molar-refractivity contribution in [3.63, 3.8) is 0 Å². The summed E-state index contributed by atoms with van der Waals surface area (Å²) in [5, 5.41) is 0. The number of nitrogens with two attached hydrogens (primary N) is 1. The summed E-state index contributed by atoms with van der Waals surface area (Å²) in [7, 11) is -3.38. The molecule has 1 aromatic rings. The molecule has 0 radical (unpaired) electrons. The molecule has 1 atom stereocenters. The van der Waals surface area contributed by atoms with E-state index in [1.54, 1.807) is 28.6 Å². The zero-order valence-electron chi connectivity index (χ0n) is 12.3. The van der Waals surface area contributed by atoms with Gasteiger partial charge in [-0.15, -0.1) is 0 Å². The molecular weight excluding hydrogens is 304 g/mol. The highest BCUT2D eigenvalue weighted by Crippen LogP contribution is 2.23. The molecular formula is C15H22N2O2S2. The van der Waals surface area contributed by atoms with E-state index in [1.807, 2.05) is 0 Å². The topological polar surface area (TPSA) is 63.4 Å². The average Bonchev–Trinajstić information content (AvgIpc) is 2.64. The molecule has 6 heteroatoms. The molecule has 1 aliphatic heterocycles. The zero-order chi connectivity index (χ0) is 15.5. The van der Waals surface area contributed by atoms with Crippen LogP contribution in [0.4, 0.5) is 0 Å². The number of nitrogens with zero attached hydrogens (tertiary/aromatic N) is 1. The van der Waals surface area contributed by atoms with Gasteiger partial charge in [-0.1, -0.05) is 31.3 Å². The highest BCUT2D eigenvalue weighted by molar-refractivity contribution is 7.89. The minimum Gasteiger partial charge on any atom is -0.393 e. The van der Waals surface area contributed by atoms with Gasteiger partial charge in [0.1, 0.15) is 0 Å². The van der Waals surface area contributed by atoms with Crippen molar-refractivity contribution in [3.05, 3.63) is 29.8 Å². The van der Waals surface area contributed by atoms with Gasteiger partial charge in [0.15, 0.2) is 0 Å².